The molecule has 3 rings (SSSR count). The summed E-state index contributed by atoms with van der Waals surface area (Å²) in [5, 5.41) is 23.6. The minimum absolute atomic E-state index is 0.0544. The molecule has 0 unspecified atom stereocenters. The lowest BCUT2D eigenvalue weighted by atomic mass is 10.2. The summed E-state index contributed by atoms with van der Waals surface area (Å²) in [6, 6.07) is 13.7. The number of halogens is 2. The van der Waals surface area contributed by atoms with Crippen molar-refractivity contribution in [2.24, 2.45) is 0 Å². The van der Waals surface area contributed by atoms with Crippen LogP contribution in [0, 0.1) is 21.4 Å². The normalized spacial score (nSPS) is 11.0. The highest BCUT2D eigenvalue weighted by molar-refractivity contribution is 6.42. The van der Waals surface area contributed by atoms with Crippen LogP contribution in [0.2, 0.25) is 10.0 Å². The Bertz CT molecular complexity index is 1240. The van der Waals surface area contributed by atoms with Crippen LogP contribution in [0.1, 0.15) is 5.76 Å². The molecule has 1 amide bonds. The molecule has 8 nitrogen and oxygen atoms in total. The van der Waals surface area contributed by atoms with Gasteiger partial charge in [0.15, 0.2) is 0 Å². The highest BCUT2D eigenvalue weighted by Crippen LogP contribution is 2.31. The van der Waals surface area contributed by atoms with E-state index in [-0.39, 0.29) is 28.5 Å². The van der Waals surface area contributed by atoms with E-state index in [0.717, 1.165) is 6.07 Å². The van der Waals surface area contributed by atoms with Gasteiger partial charge in [0.05, 0.1) is 27.8 Å². The number of ether oxygens (including phenoxy) is 1. The smallest absolute Gasteiger partial charge is 0.271 e. The molecule has 0 saturated carbocycles. The van der Waals surface area contributed by atoms with E-state index in [1.807, 2.05) is 0 Å². The maximum absolute atomic E-state index is 12.6. The Morgan fingerprint density at radius 3 is 2.61 bits per heavy atom. The quantitative estimate of drug-likeness (QED) is 0.219. The Kier molecular flexibility index (Phi) is 6.60. The fourth-order valence-corrected chi connectivity index (χ4v) is 2.92. The average molecular weight is 458 g/mol. The summed E-state index contributed by atoms with van der Waals surface area (Å²) in [7, 11) is 1.35. The number of non-ortho nitro benzene ring substituents is 1. The minimum Gasteiger partial charge on any atom is -0.495 e. The summed E-state index contributed by atoms with van der Waals surface area (Å²) in [5.41, 5.74) is 0.205. The first-order valence-corrected chi connectivity index (χ1v) is 9.39. The number of benzene rings is 2. The van der Waals surface area contributed by atoms with E-state index < -0.39 is 10.8 Å². The van der Waals surface area contributed by atoms with E-state index in [0.29, 0.717) is 21.4 Å². The summed E-state index contributed by atoms with van der Waals surface area (Å²) < 4.78 is 10.8. The van der Waals surface area contributed by atoms with Crippen LogP contribution in [-0.4, -0.2) is 17.9 Å². The van der Waals surface area contributed by atoms with Crippen LogP contribution < -0.4 is 10.1 Å². The topological polar surface area (TPSA) is 118 Å². The predicted molar refractivity (Wildman–Crippen MR) is 116 cm³/mol. The van der Waals surface area contributed by atoms with Crippen molar-refractivity contribution in [2.45, 2.75) is 0 Å². The maximum atomic E-state index is 12.6. The molecule has 0 fully saturated rings. The zero-order valence-electron chi connectivity index (χ0n) is 15.9. The van der Waals surface area contributed by atoms with Gasteiger partial charge in [0.1, 0.15) is 28.9 Å². The van der Waals surface area contributed by atoms with E-state index >= 15 is 0 Å². The third kappa shape index (κ3) is 5.04. The zero-order valence-corrected chi connectivity index (χ0v) is 17.4. The summed E-state index contributed by atoms with van der Waals surface area (Å²) in [5.74, 6) is 0.131. The van der Waals surface area contributed by atoms with Crippen molar-refractivity contribution >= 4 is 46.6 Å². The summed E-state index contributed by atoms with van der Waals surface area (Å²) >= 11 is 11.9. The first kappa shape index (κ1) is 21.9. The molecule has 31 heavy (non-hydrogen) atoms. The van der Waals surface area contributed by atoms with Gasteiger partial charge in [0, 0.05) is 23.8 Å². The molecule has 0 aliphatic rings. The number of furan rings is 1. The lowest BCUT2D eigenvalue weighted by molar-refractivity contribution is -0.384. The highest BCUT2D eigenvalue weighted by Gasteiger charge is 2.17. The number of carbonyl (C=O) groups excluding carboxylic acids is 1. The first-order chi connectivity index (χ1) is 14.8. The number of carbonyl (C=O) groups is 1. The van der Waals surface area contributed by atoms with Crippen molar-refractivity contribution in [1.82, 2.24) is 0 Å². The van der Waals surface area contributed by atoms with E-state index in [9.17, 15) is 20.2 Å². The van der Waals surface area contributed by atoms with E-state index in [4.69, 9.17) is 32.4 Å². The van der Waals surface area contributed by atoms with Crippen LogP contribution in [0.3, 0.4) is 0 Å². The molecule has 0 aliphatic carbocycles. The Morgan fingerprint density at radius 2 is 1.97 bits per heavy atom. The zero-order chi connectivity index (χ0) is 22.5. The summed E-state index contributed by atoms with van der Waals surface area (Å²) in [4.78, 5) is 22.9. The SMILES string of the molecule is COc1ccc([N+](=O)[O-])cc1NC(=O)/C(C#N)=C/c1ccc(-c2ccc(Cl)c(Cl)c2)o1. The van der Waals surface area contributed by atoms with Gasteiger partial charge < -0.3 is 14.5 Å². The van der Waals surface area contributed by atoms with Crippen molar-refractivity contribution in [2.75, 3.05) is 12.4 Å². The second-order valence-corrected chi connectivity index (χ2v) is 6.91. The van der Waals surface area contributed by atoms with Gasteiger partial charge in [-0.25, -0.2) is 0 Å². The highest BCUT2D eigenvalue weighted by atomic mass is 35.5. The molecule has 0 atom stereocenters. The van der Waals surface area contributed by atoms with E-state index in [2.05, 4.69) is 5.32 Å². The van der Waals surface area contributed by atoms with Crippen LogP contribution in [0.15, 0.2) is 58.5 Å². The largest absolute Gasteiger partial charge is 0.495 e. The molecule has 0 aliphatic heterocycles. The van der Waals surface area contributed by atoms with Crippen LogP contribution in [0.4, 0.5) is 11.4 Å². The second kappa shape index (κ2) is 9.34. The fourth-order valence-electron chi connectivity index (χ4n) is 2.62. The molecule has 156 valence electrons. The number of nitrogens with one attached hydrogen (secondary N) is 1. The lowest BCUT2D eigenvalue weighted by Crippen LogP contribution is -2.14. The Morgan fingerprint density at radius 1 is 1.19 bits per heavy atom. The summed E-state index contributed by atoms with van der Waals surface area (Å²) in [6.45, 7) is 0. The number of nitriles is 1. The van der Waals surface area contributed by atoms with Crippen LogP contribution in [0.5, 0.6) is 5.75 Å². The molecule has 10 heteroatoms. The van der Waals surface area contributed by atoms with Gasteiger partial charge in [-0.1, -0.05) is 23.2 Å². The molecule has 3 aromatic rings. The first-order valence-electron chi connectivity index (χ1n) is 8.63. The fraction of sp³-hybridized carbons (Fsp3) is 0.0476. The van der Waals surface area contributed by atoms with Crippen molar-refractivity contribution in [3.8, 4) is 23.1 Å². The van der Waals surface area contributed by atoms with E-state index in [1.165, 1.54) is 25.3 Å². The van der Waals surface area contributed by atoms with Crippen LogP contribution in [0.25, 0.3) is 17.4 Å². The van der Waals surface area contributed by atoms with Crippen LogP contribution in [-0.2, 0) is 4.79 Å². The third-order valence-electron chi connectivity index (χ3n) is 4.12. The van der Waals surface area contributed by atoms with Gasteiger partial charge in [-0.15, -0.1) is 0 Å². The van der Waals surface area contributed by atoms with Crippen molar-refractivity contribution in [3.63, 3.8) is 0 Å². The number of hydrogen-bond acceptors (Lipinski definition) is 6. The Labute approximate surface area is 186 Å². The number of amides is 1. The van der Waals surface area contributed by atoms with Gasteiger partial charge in [0.25, 0.3) is 11.6 Å². The number of methoxy groups -OCH3 is 1. The number of nitrogens with zero attached hydrogens (tertiary/aromatic N) is 2. The number of nitro benzene ring substituents is 1. The number of rotatable bonds is 6. The molecule has 2 aromatic carbocycles. The lowest BCUT2D eigenvalue weighted by Gasteiger charge is -2.09. The Hall–Kier alpha value is -3.80. The standard InChI is InChI=1S/C21H13Cl2N3O5/c1-30-20-6-3-14(26(28)29)10-18(20)25-21(27)13(11-24)8-15-4-7-19(31-15)12-2-5-16(22)17(23)9-12/h2-10H,1H3,(H,25,27)/b13-8+. The third-order valence-corrected chi connectivity index (χ3v) is 4.86. The molecule has 0 spiro atoms. The number of nitro groups is 1. The molecule has 1 heterocycles. The molecule has 0 saturated heterocycles. The molecule has 1 N–H and O–H groups in total. The van der Waals surface area contributed by atoms with Crippen molar-refractivity contribution in [1.29, 1.82) is 5.26 Å². The number of hydrogen-bond donors (Lipinski definition) is 1. The van der Waals surface area contributed by atoms with Gasteiger partial charge in [0.2, 0.25) is 0 Å². The van der Waals surface area contributed by atoms with E-state index in [1.54, 1.807) is 36.4 Å². The monoisotopic (exact) mass is 457 g/mol. The average Bonchev–Trinajstić information content (AvgIpc) is 3.22. The van der Waals surface area contributed by atoms with Crippen molar-refractivity contribution < 1.29 is 18.9 Å². The van der Waals surface area contributed by atoms with Gasteiger partial charge in [-0.2, -0.15) is 5.26 Å². The summed E-state index contributed by atoms with van der Waals surface area (Å²) in [6.07, 6.45) is 1.25. The predicted octanol–water partition coefficient (Wildman–Crippen LogP) is 5.72. The molecular formula is C21H13Cl2N3O5. The Balaban J connectivity index is 1.86. The number of anilines is 1. The van der Waals surface area contributed by atoms with Crippen LogP contribution >= 0.6 is 23.2 Å². The molecular weight excluding hydrogens is 445 g/mol. The van der Waals surface area contributed by atoms with Gasteiger partial charge in [-0.05, 0) is 36.4 Å². The molecule has 1 aromatic heterocycles. The second-order valence-electron chi connectivity index (χ2n) is 6.10. The minimum atomic E-state index is -0.784. The molecule has 0 radical (unpaired) electrons. The maximum Gasteiger partial charge on any atom is 0.271 e. The molecule has 0 bridgehead atoms. The van der Waals surface area contributed by atoms with Crippen molar-refractivity contribution in [3.05, 3.63) is 80.0 Å². The van der Waals surface area contributed by atoms with Gasteiger partial charge in [-0.3, -0.25) is 14.9 Å². The van der Waals surface area contributed by atoms with Gasteiger partial charge >= 0.3 is 0 Å².